The first kappa shape index (κ1) is 19.1. The van der Waals surface area contributed by atoms with Crippen molar-refractivity contribution < 1.29 is 0 Å². The number of nitrogens with zero attached hydrogens (tertiary/aromatic N) is 4. The summed E-state index contributed by atoms with van der Waals surface area (Å²) in [6.45, 7) is 0. The number of hydrogen-bond acceptors (Lipinski definition) is 5. The topological polar surface area (TPSA) is 81.7 Å². The molecule has 0 spiro atoms. The maximum absolute atomic E-state index is 6.76. The second kappa shape index (κ2) is 7.50. The van der Waals surface area contributed by atoms with Gasteiger partial charge in [0.25, 0.3) is 0 Å². The molecule has 3 heterocycles. The number of halogens is 1. The monoisotopic (exact) mass is 440 g/mol. The van der Waals surface area contributed by atoms with Crippen LogP contribution in [-0.4, -0.2) is 19.5 Å². The lowest BCUT2D eigenvalue weighted by Gasteiger charge is -2.27. The van der Waals surface area contributed by atoms with Gasteiger partial charge in [-0.05, 0) is 55.7 Å². The number of aromatic nitrogens is 4. The summed E-state index contributed by atoms with van der Waals surface area (Å²) in [6, 6.07) is 18.4. The fourth-order valence-electron chi connectivity index (χ4n) is 4.34. The number of nitrogen functional groups attached to an aromatic ring is 1. The van der Waals surface area contributed by atoms with Gasteiger partial charge in [0.05, 0.1) is 10.9 Å². The lowest BCUT2D eigenvalue weighted by atomic mass is 9.93. The molecule has 2 aromatic carbocycles. The van der Waals surface area contributed by atoms with Crippen molar-refractivity contribution in [2.45, 2.75) is 25.3 Å². The van der Waals surface area contributed by atoms with Crippen molar-refractivity contribution in [2.24, 2.45) is 0 Å². The molecule has 158 valence electrons. The molecule has 0 saturated heterocycles. The summed E-state index contributed by atoms with van der Waals surface area (Å²) >= 11 is 6.76. The third-order valence-corrected chi connectivity index (χ3v) is 6.53. The van der Waals surface area contributed by atoms with Gasteiger partial charge in [0.2, 0.25) is 0 Å². The van der Waals surface area contributed by atoms with E-state index < -0.39 is 0 Å². The first-order chi connectivity index (χ1) is 15.7. The molecule has 0 atom stereocenters. The fraction of sp³-hybridized carbons (Fsp3) is 0.160. The Morgan fingerprint density at radius 1 is 1.00 bits per heavy atom. The van der Waals surface area contributed by atoms with E-state index in [1.807, 2.05) is 54.6 Å². The number of nitrogens with two attached hydrogens (primary N) is 1. The van der Waals surface area contributed by atoms with Crippen molar-refractivity contribution in [1.29, 1.82) is 0 Å². The molecule has 7 heteroatoms. The van der Waals surface area contributed by atoms with Crippen LogP contribution in [0, 0.1) is 0 Å². The van der Waals surface area contributed by atoms with Gasteiger partial charge in [0, 0.05) is 39.5 Å². The summed E-state index contributed by atoms with van der Waals surface area (Å²) in [6.07, 6.45) is 7.18. The number of para-hydroxylation sites is 1. The molecule has 0 aliphatic heterocycles. The molecule has 32 heavy (non-hydrogen) atoms. The Morgan fingerprint density at radius 2 is 1.84 bits per heavy atom. The fourth-order valence-corrected chi connectivity index (χ4v) is 4.62. The minimum Gasteiger partial charge on any atom is -0.383 e. The summed E-state index contributed by atoms with van der Waals surface area (Å²) in [5.74, 6) is 1.24. The maximum Gasteiger partial charge on any atom is 0.146 e. The van der Waals surface area contributed by atoms with E-state index in [2.05, 4.69) is 26.0 Å². The Morgan fingerprint density at radius 3 is 2.62 bits per heavy atom. The van der Waals surface area contributed by atoms with E-state index in [0.717, 1.165) is 57.4 Å². The van der Waals surface area contributed by atoms with E-state index in [4.69, 9.17) is 22.3 Å². The smallest absolute Gasteiger partial charge is 0.146 e. The highest BCUT2D eigenvalue weighted by molar-refractivity contribution is 6.34. The molecule has 0 unspecified atom stereocenters. The van der Waals surface area contributed by atoms with Crippen LogP contribution in [0.4, 0.5) is 17.3 Å². The van der Waals surface area contributed by atoms with Crippen LogP contribution in [0.2, 0.25) is 5.02 Å². The number of hydrogen-bond donors (Lipinski definition) is 2. The van der Waals surface area contributed by atoms with Crippen LogP contribution >= 0.6 is 11.6 Å². The van der Waals surface area contributed by atoms with Gasteiger partial charge in [0.15, 0.2) is 0 Å². The van der Waals surface area contributed by atoms with Crippen molar-refractivity contribution >= 4 is 50.9 Å². The Labute approximate surface area is 190 Å². The van der Waals surface area contributed by atoms with Gasteiger partial charge >= 0.3 is 0 Å². The lowest BCUT2D eigenvalue weighted by Crippen LogP contribution is -2.16. The molecule has 1 fully saturated rings. The molecule has 3 N–H and O–H groups in total. The normalized spacial score (nSPS) is 14.0. The predicted molar refractivity (Wildman–Crippen MR) is 130 cm³/mol. The van der Waals surface area contributed by atoms with Crippen LogP contribution in [0.15, 0.2) is 67.1 Å². The second-order valence-corrected chi connectivity index (χ2v) is 8.61. The van der Waals surface area contributed by atoms with E-state index in [9.17, 15) is 0 Å². The van der Waals surface area contributed by atoms with Gasteiger partial charge < -0.3 is 15.6 Å². The van der Waals surface area contributed by atoms with E-state index in [0.29, 0.717) is 16.9 Å². The molecule has 6 nitrogen and oxygen atoms in total. The third kappa shape index (κ3) is 3.15. The first-order valence-corrected chi connectivity index (χ1v) is 11.1. The summed E-state index contributed by atoms with van der Waals surface area (Å²) < 4.78 is 2.23. The number of benzene rings is 2. The van der Waals surface area contributed by atoms with E-state index in [1.54, 1.807) is 0 Å². The Bertz CT molecular complexity index is 1460. The van der Waals surface area contributed by atoms with Gasteiger partial charge in [-0.1, -0.05) is 29.8 Å². The van der Waals surface area contributed by atoms with Crippen LogP contribution in [0.1, 0.15) is 25.3 Å². The zero-order valence-electron chi connectivity index (χ0n) is 17.3. The molecule has 1 saturated carbocycles. The van der Waals surface area contributed by atoms with Crippen LogP contribution < -0.4 is 11.1 Å². The molecule has 0 amide bonds. The highest BCUT2D eigenvalue weighted by Gasteiger charge is 2.25. The number of fused-ring (bicyclic) bond motifs is 2. The molecule has 0 radical (unpaired) electrons. The molecule has 3 aromatic heterocycles. The van der Waals surface area contributed by atoms with Gasteiger partial charge in [-0.3, -0.25) is 0 Å². The Hall–Kier alpha value is -3.64. The summed E-state index contributed by atoms with van der Waals surface area (Å²) in [7, 11) is 0. The molecular weight excluding hydrogens is 420 g/mol. The first-order valence-electron chi connectivity index (χ1n) is 10.7. The average Bonchev–Trinajstić information content (AvgIpc) is 3.13. The molecule has 5 aromatic rings. The van der Waals surface area contributed by atoms with Gasteiger partial charge in [-0.2, -0.15) is 0 Å². The molecule has 1 aliphatic carbocycles. The highest BCUT2D eigenvalue weighted by Crippen LogP contribution is 2.42. The van der Waals surface area contributed by atoms with Crippen molar-refractivity contribution in [1.82, 2.24) is 19.5 Å². The molecule has 6 rings (SSSR count). The second-order valence-electron chi connectivity index (χ2n) is 8.20. The van der Waals surface area contributed by atoms with Gasteiger partial charge in [-0.15, -0.1) is 0 Å². The summed E-state index contributed by atoms with van der Waals surface area (Å²) in [4.78, 5) is 13.6. The minimum atomic E-state index is 0.444. The van der Waals surface area contributed by atoms with Crippen LogP contribution in [0.3, 0.4) is 0 Å². The summed E-state index contributed by atoms with van der Waals surface area (Å²) in [5, 5.41) is 5.83. The van der Waals surface area contributed by atoms with Gasteiger partial charge in [0.1, 0.15) is 23.6 Å². The number of pyridine rings is 1. The zero-order valence-corrected chi connectivity index (χ0v) is 18.0. The standard InChI is InChI=1S/C25H21ClN6/c26-20-11-15-9-10-22(30-16-5-2-1-3-6-16)31-21(15)12-18(20)19-13-32(17-7-4-8-17)25-23(19)24(27)28-14-29-25/h1-3,5-6,9-14,17H,4,7-8H2,(H,30,31)(H2,27,28,29). The number of nitrogens with one attached hydrogen (secondary N) is 1. The highest BCUT2D eigenvalue weighted by atomic mass is 35.5. The quantitative estimate of drug-likeness (QED) is 0.340. The maximum atomic E-state index is 6.76. The molecule has 1 aliphatic rings. The average molecular weight is 441 g/mol. The molecule has 0 bridgehead atoms. The minimum absolute atomic E-state index is 0.444. The van der Waals surface area contributed by atoms with Crippen molar-refractivity contribution in [3.05, 3.63) is 72.1 Å². The third-order valence-electron chi connectivity index (χ3n) is 6.22. The van der Waals surface area contributed by atoms with Crippen molar-refractivity contribution in [2.75, 3.05) is 11.1 Å². The predicted octanol–water partition coefficient (Wildman–Crippen LogP) is 6.35. The largest absolute Gasteiger partial charge is 0.383 e. The number of anilines is 3. The van der Waals surface area contributed by atoms with Crippen molar-refractivity contribution in [3.8, 4) is 11.1 Å². The number of rotatable bonds is 4. The summed E-state index contributed by atoms with van der Waals surface area (Å²) in [5.41, 5.74) is 10.8. The van der Waals surface area contributed by atoms with Crippen LogP contribution in [0.5, 0.6) is 0 Å². The SMILES string of the molecule is Nc1ncnc2c1c(-c1cc3nc(Nc4ccccc4)ccc3cc1Cl)cn2C1CCC1. The zero-order chi connectivity index (χ0) is 21.7. The van der Waals surface area contributed by atoms with Crippen molar-refractivity contribution in [3.63, 3.8) is 0 Å². The van der Waals surface area contributed by atoms with Crippen LogP contribution in [-0.2, 0) is 0 Å². The van der Waals surface area contributed by atoms with Crippen LogP contribution in [0.25, 0.3) is 33.1 Å². The lowest BCUT2D eigenvalue weighted by molar-refractivity contribution is 0.320. The Kier molecular flexibility index (Phi) is 4.47. The van der Waals surface area contributed by atoms with E-state index in [1.165, 1.54) is 12.7 Å². The Balaban J connectivity index is 1.50. The van der Waals surface area contributed by atoms with E-state index >= 15 is 0 Å². The van der Waals surface area contributed by atoms with E-state index in [-0.39, 0.29) is 0 Å². The molecular formula is C25H21ClN6. The van der Waals surface area contributed by atoms with Gasteiger partial charge in [-0.25, -0.2) is 15.0 Å².